The quantitative estimate of drug-likeness (QED) is 0.601. The molecule has 0 aliphatic heterocycles. The number of carboxylic acid groups (broad SMARTS) is 1. The van der Waals surface area contributed by atoms with Gasteiger partial charge in [-0.15, -0.1) is 0 Å². The monoisotopic (exact) mass is 267 g/mol. The molecule has 7 heteroatoms. The van der Waals surface area contributed by atoms with Gasteiger partial charge in [0.15, 0.2) is 6.04 Å². The number of carbonyl (C=O) groups excluding carboxylic acids is 1. The molecule has 0 saturated heterocycles. The maximum absolute atomic E-state index is 11.5. The van der Waals surface area contributed by atoms with Gasteiger partial charge in [0.2, 0.25) is 0 Å². The summed E-state index contributed by atoms with van der Waals surface area (Å²) in [4.78, 5) is 26.3. The summed E-state index contributed by atoms with van der Waals surface area (Å²) in [5.74, 6) is -1.29. The van der Waals surface area contributed by atoms with Gasteiger partial charge in [-0.2, -0.15) is 0 Å². The number of amides is 2. The Bertz CT molecular complexity index is 445. The van der Waals surface area contributed by atoms with Crippen LogP contribution < -0.4 is 10.6 Å². The number of carbonyl (C=O) groups is 2. The average molecular weight is 267 g/mol. The maximum Gasteiger partial charge on any atom is 0.328 e. The lowest BCUT2D eigenvalue weighted by molar-refractivity contribution is -0.141. The van der Waals surface area contributed by atoms with Crippen LogP contribution in [0.2, 0.25) is 0 Å². The Hall–Kier alpha value is -2.15. The molecular weight excluding hydrogens is 250 g/mol. The summed E-state index contributed by atoms with van der Waals surface area (Å²) in [6.07, 6.45) is 0.447. The lowest BCUT2D eigenvalue weighted by Gasteiger charge is -2.17. The van der Waals surface area contributed by atoms with Crippen molar-refractivity contribution in [2.45, 2.75) is 32.5 Å². The standard InChI is InChI=1S/C12H17N3O4/c1-7-3-4-9(5-13-7)6-14-12(19)15-10(8(2)16)11(17)18/h3-5,8,10,16H,6H2,1-2H3,(H,17,18)(H2,14,15,19). The second-order valence-electron chi connectivity index (χ2n) is 4.19. The molecule has 0 saturated carbocycles. The summed E-state index contributed by atoms with van der Waals surface area (Å²) >= 11 is 0. The van der Waals surface area contributed by atoms with Gasteiger partial charge in [0.25, 0.3) is 0 Å². The number of urea groups is 1. The van der Waals surface area contributed by atoms with Crippen LogP contribution in [0.1, 0.15) is 18.2 Å². The Balaban J connectivity index is 2.47. The van der Waals surface area contributed by atoms with Crippen LogP contribution >= 0.6 is 0 Å². The van der Waals surface area contributed by atoms with Crippen molar-refractivity contribution in [2.75, 3.05) is 0 Å². The molecule has 0 radical (unpaired) electrons. The Morgan fingerprint density at radius 1 is 1.42 bits per heavy atom. The lowest BCUT2D eigenvalue weighted by atomic mass is 10.2. The molecule has 1 aromatic heterocycles. The molecular formula is C12H17N3O4. The Morgan fingerprint density at radius 2 is 2.11 bits per heavy atom. The van der Waals surface area contributed by atoms with E-state index in [-0.39, 0.29) is 6.54 Å². The van der Waals surface area contributed by atoms with E-state index in [1.54, 1.807) is 6.20 Å². The van der Waals surface area contributed by atoms with Gasteiger partial charge in [-0.3, -0.25) is 4.98 Å². The molecule has 1 rings (SSSR count). The fraction of sp³-hybridized carbons (Fsp3) is 0.417. The van der Waals surface area contributed by atoms with Crippen molar-refractivity contribution in [3.63, 3.8) is 0 Å². The Kier molecular flexibility index (Phi) is 5.25. The molecule has 1 heterocycles. The zero-order chi connectivity index (χ0) is 14.4. The predicted octanol–water partition coefficient (Wildman–Crippen LogP) is 0.0232. The highest BCUT2D eigenvalue weighted by atomic mass is 16.4. The first-order valence-corrected chi connectivity index (χ1v) is 5.77. The van der Waals surface area contributed by atoms with E-state index in [4.69, 9.17) is 5.11 Å². The van der Waals surface area contributed by atoms with E-state index in [1.165, 1.54) is 6.92 Å². The molecule has 0 aliphatic rings. The minimum Gasteiger partial charge on any atom is -0.480 e. The molecule has 2 unspecified atom stereocenters. The van der Waals surface area contributed by atoms with Gasteiger partial charge >= 0.3 is 12.0 Å². The molecule has 0 fully saturated rings. The molecule has 0 aromatic carbocycles. The van der Waals surface area contributed by atoms with Crippen molar-refractivity contribution >= 4 is 12.0 Å². The summed E-state index contributed by atoms with van der Waals surface area (Å²) in [6, 6.07) is 1.63. The second kappa shape index (κ2) is 6.69. The molecule has 1 aromatic rings. The smallest absolute Gasteiger partial charge is 0.328 e. The number of carboxylic acids is 1. The molecule has 0 spiro atoms. The van der Waals surface area contributed by atoms with Crippen molar-refractivity contribution in [1.29, 1.82) is 0 Å². The zero-order valence-electron chi connectivity index (χ0n) is 10.8. The van der Waals surface area contributed by atoms with Gasteiger partial charge in [-0.05, 0) is 25.5 Å². The zero-order valence-corrected chi connectivity index (χ0v) is 10.8. The van der Waals surface area contributed by atoms with E-state index >= 15 is 0 Å². The van der Waals surface area contributed by atoms with Crippen molar-refractivity contribution in [3.05, 3.63) is 29.6 Å². The molecule has 19 heavy (non-hydrogen) atoms. The largest absolute Gasteiger partial charge is 0.480 e. The fourth-order valence-corrected chi connectivity index (χ4v) is 1.37. The second-order valence-corrected chi connectivity index (χ2v) is 4.19. The molecule has 2 amide bonds. The van der Waals surface area contributed by atoms with Crippen molar-refractivity contribution in [3.8, 4) is 0 Å². The molecule has 4 N–H and O–H groups in total. The molecule has 104 valence electrons. The van der Waals surface area contributed by atoms with E-state index in [0.29, 0.717) is 0 Å². The Labute approximate surface area is 110 Å². The summed E-state index contributed by atoms with van der Waals surface area (Å²) in [5.41, 5.74) is 1.66. The number of aliphatic carboxylic acids is 1. The number of aliphatic hydroxyl groups excluding tert-OH is 1. The van der Waals surface area contributed by atoms with E-state index < -0.39 is 24.1 Å². The van der Waals surface area contributed by atoms with Crippen LogP contribution in [0.5, 0.6) is 0 Å². The van der Waals surface area contributed by atoms with Gasteiger partial charge in [0, 0.05) is 18.4 Å². The highest BCUT2D eigenvalue weighted by molar-refractivity contribution is 5.82. The third-order valence-electron chi connectivity index (χ3n) is 2.46. The number of nitrogens with zero attached hydrogens (tertiary/aromatic N) is 1. The van der Waals surface area contributed by atoms with E-state index in [0.717, 1.165) is 11.3 Å². The first-order valence-electron chi connectivity index (χ1n) is 5.77. The molecule has 2 atom stereocenters. The van der Waals surface area contributed by atoms with Gasteiger partial charge in [0.05, 0.1) is 6.10 Å². The van der Waals surface area contributed by atoms with Crippen LogP contribution in [0.15, 0.2) is 18.3 Å². The van der Waals surface area contributed by atoms with E-state index in [1.807, 2.05) is 19.1 Å². The van der Waals surface area contributed by atoms with Gasteiger partial charge in [-0.1, -0.05) is 6.07 Å². The van der Waals surface area contributed by atoms with Crippen LogP contribution in [-0.4, -0.2) is 39.3 Å². The van der Waals surface area contributed by atoms with Crippen LogP contribution in [0.25, 0.3) is 0 Å². The van der Waals surface area contributed by atoms with Crippen LogP contribution in [-0.2, 0) is 11.3 Å². The number of aryl methyl sites for hydroxylation is 1. The van der Waals surface area contributed by atoms with Crippen molar-refractivity contribution in [1.82, 2.24) is 15.6 Å². The first kappa shape index (κ1) is 14.9. The highest BCUT2D eigenvalue weighted by Gasteiger charge is 2.24. The summed E-state index contributed by atoms with van der Waals surface area (Å²) in [6.45, 7) is 3.37. The average Bonchev–Trinajstić information content (AvgIpc) is 2.34. The summed E-state index contributed by atoms with van der Waals surface area (Å²) in [5, 5.41) is 22.7. The SMILES string of the molecule is Cc1ccc(CNC(=O)NC(C(=O)O)C(C)O)cn1. The third kappa shape index (κ3) is 4.92. The number of hydrogen-bond acceptors (Lipinski definition) is 4. The lowest BCUT2D eigenvalue weighted by Crippen LogP contribution is -2.50. The third-order valence-corrected chi connectivity index (χ3v) is 2.46. The highest BCUT2D eigenvalue weighted by Crippen LogP contribution is 1.99. The molecule has 0 bridgehead atoms. The van der Waals surface area contributed by atoms with Gasteiger partial charge < -0.3 is 20.8 Å². The van der Waals surface area contributed by atoms with Crippen LogP contribution in [0.3, 0.4) is 0 Å². The summed E-state index contributed by atoms with van der Waals surface area (Å²) < 4.78 is 0. The number of aromatic nitrogens is 1. The normalized spacial score (nSPS) is 13.4. The molecule has 0 aliphatic carbocycles. The minimum atomic E-state index is -1.34. The topological polar surface area (TPSA) is 112 Å². The number of hydrogen-bond donors (Lipinski definition) is 4. The van der Waals surface area contributed by atoms with Crippen molar-refractivity contribution in [2.24, 2.45) is 0 Å². The fourth-order valence-electron chi connectivity index (χ4n) is 1.37. The number of aliphatic hydroxyl groups is 1. The minimum absolute atomic E-state index is 0.227. The number of pyridine rings is 1. The van der Waals surface area contributed by atoms with Gasteiger partial charge in [-0.25, -0.2) is 9.59 Å². The van der Waals surface area contributed by atoms with E-state index in [2.05, 4.69) is 15.6 Å². The van der Waals surface area contributed by atoms with E-state index in [9.17, 15) is 14.7 Å². The van der Waals surface area contributed by atoms with Crippen molar-refractivity contribution < 1.29 is 19.8 Å². The molecule has 7 nitrogen and oxygen atoms in total. The predicted molar refractivity (Wildman–Crippen MR) is 67.5 cm³/mol. The van der Waals surface area contributed by atoms with Crippen LogP contribution in [0, 0.1) is 6.92 Å². The maximum atomic E-state index is 11.5. The summed E-state index contributed by atoms with van der Waals surface area (Å²) in [7, 11) is 0. The number of nitrogens with one attached hydrogen (secondary N) is 2. The van der Waals surface area contributed by atoms with Crippen LogP contribution in [0.4, 0.5) is 4.79 Å². The number of rotatable bonds is 5. The Morgan fingerprint density at radius 3 is 2.58 bits per heavy atom. The van der Waals surface area contributed by atoms with Gasteiger partial charge in [0.1, 0.15) is 0 Å². The first-order chi connectivity index (χ1) is 8.90.